The number of likely N-dealkylation sites (tertiary alicyclic amines) is 1. The first kappa shape index (κ1) is 30.2. The van der Waals surface area contributed by atoms with Crippen molar-refractivity contribution >= 4 is 23.2 Å². The zero-order chi connectivity index (χ0) is 30.6. The molecule has 230 valence electrons. The van der Waals surface area contributed by atoms with Crippen LogP contribution in [0.4, 0.5) is 5.69 Å². The first-order valence-electron chi connectivity index (χ1n) is 15.9. The van der Waals surface area contributed by atoms with E-state index < -0.39 is 0 Å². The number of nitrogens with zero attached hydrogens (tertiary/aromatic N) is 3. The molecule has 2 heterocycles. The van der Waals surface area contributed by atoms with E-state index in [0.29, 0.717) is 33.4 Å². The maximum absolute atomic E-state index is 13.4. The number of hydrogen-bond acceptors (Lipinski definition) is 6. The molecule has 1 amide bonds. The summed E-state index contributed by atoms with van der Waals surface area (Å²) in [5, 5.41) is 22.7. The highest BCUT2D eigenvalue weighted by Crippen LogP contribution is 2.55. The summed E-state index contributed by atoms with van der Waals surface area (Å²) in [5.41, 5.74) is 2.10. The minimum absolute atomic E-state index is 0.0683. The van der Waals surface area contributed by atoms with Crippen LogP contribution in [0.1, 0.15) is 82.1 Å². The molecule has 6 rings (SSSR count). The predicted octanol–water partition coefficient (Wildman–Crippen LogP) is 6.03. The van der Waals surface area contributed by atoms with E-state index in [9.17, 15) is 9.90 Å². The van der Waals surface area contributed by atoms with Gasteiger partial charge in [0.25, 0.3) is 5.91 Å². The van der Waals surface area contributed by atoms with Crippen LogP contribution in [0.25, 0.3) is 0 Å². The molecular formula is C35H45ClN4O3. The van der Waals surface area contributed by atoms with E-state index in [1.165, 1.54) is 31.4 Å². The summed E-state index contributed by atoms with van der Waals surface area (Å²) < 4.78 is 6.37. The van der Waals surface area contributed by atoms with E-state index in [2.05, 4.69) is 61.0 Å². The summed E-state index contributed by atoms with van der Waals surface area (Å²) in [7, 11) is 0. The van der Waals surface area contributed by atoms with Crippen LogP contribution < -0.4 is 15.0 Å². The molecule has 0 radical (unpaired) electrons. The molecule has 7 nitrogen and oxygen atoms in total. The topological polar surface area (TPSA) is 88.8 Å². The number of nitriles is 1. The predicted molar refractivity (Wildman–Crippen MR) is 170 cm³/mol. The van der Waals surface area contributed by atoms with Gasteiger partial charge in [-0.1, -0.05) is 39.3 Å². The second-order valence-corrected chi connectivity index (χ2v) is 15.1. The number of benzene rings is 2. The van der Waals surface area contributed by atoms with Gasteiger partial charge in [0.1, 0.15) is 17.9 Å². The Morgan fingerprint density at radius 1 is 1.00 bits per heavy atom. The number of ether oxygens (including phenoxy) is 1. The largest absolute Gasteiger partial charge is 0.489 e. The molecule has 4 fully saturated rings. The quantitative estimate of drug-likeness (QED) is 0.419. The van der Waals surface area contributed by atoms with Gasteiger partial charge in [0, 0.05) is 71.8 Å². The molecular weight excluding hydrogens is 560 g/mol. The van der Waals surface area contributed by atoms with Crippen molar-refractivity contribution < 1.29 is 14.6 Å². The Balaban J connectivity index is 1.01. The maximum Gasteiger partial charge on any atom is 0.251 e. The Bertz CT molecular complexity index is 1360. The summed E-state index contributed by atoms with van der Waals surface area (Å²) in [6.07, 6.45) is 6.70. The van der Waals surface area contributed by atoms with Crippen LogP contribution in [0.15, 0.2) is 42.5 Å². The van der Waals surface area contributed by atoms with Crippen LogP contribution in [-0.2, 0) is 0 Å². The molecule has 4 aliphatic rings. The summed E-state index contributed by atoms with van der Waals surface area (Å²) in [6, 6.07) is 15.9. The maximum atomic E-state index is 13.4. The molecule has 2 aliphatic heterocycles. The third-order valence-corrected chi connectivity index (χ3v) is 11.3. The lowest BCUT2D eigenvalue weighted by molar-refractivity contribution is -0.164. The lowest BCUT2D eigenvalue weighted by Crippen LogP contribution is -2.74. The fourth-order valence-corrected chi connectivity index (χ4v) is 8.94. The second-order valence-electron chi connectivity index (χ2n) is 14.7. The Hall–Kier alpha value is -2.79. The number of rotatable bonds is 6. The van der Waals surface area contributed by atoms with Crippen molar-refractivity contribution in [2.24, 2.45) is 16.2 Å². The number of hydrogen-bond donors (Lipinski definition) is 2. The molecule has 2 N–H and O–H groups in total. The Morgan fingerprint density at radius 3 is 2.21 bits per heavy atom. The van der Waals surface area contributed by atoms with Crippen LogP contribution >= 0.6 is 11.6 Å². The lowest BCUT2D eigenvalue weighted by Gasteiger charge is -2.63. The molecule has 2 aromatic carbocycles. The van der Waals surface area contributed by atoms with Crippen LogP contribution in [-0.4, -0.2) is 66.4 Å². The van der Waals surface area contributed by atoms with E-state index in [1.54, 1.807) is 18.2 Å². The monoisotopic (exact) mass is 604 g/mol. The van der Waals surface area contributed by atoms with Crippen LogP contribution in [0.5, 0.6) is 5.75 Å². The minimum atomic E-state index is -0.306. The van der Waals surface area contributed by atoms with Crippen molar-refractivity contribution in [3.8, 4) is 11.8 Å². The zero-order valence-electron chi connectivity index (χ0n) is 25.9. The standard InChI is InChI=1S/C35H45ClN4O3/c1-33(2)31(34(3,4)32(33)43-28-10-7-24(20-37)29(36)19-28)38-30(42)23-5-8-25(9-6-23)40-21-35(22-40)15-11-26(12-16-35)39-17-13-27(41)14-18-39/h5-10,19,26-27,31-32,41H,11-18,21-22H2,1-4H3,(H,38,42). The molecule has 2 aliphatic carbocycles. The average Bonchev–Trinajstić information content (AvgIpc) is 2.98. The van der Waals surface area contributed by atoms with Gasteiger partial charge in [0.05, 0.1) is 16.7 Å². The highest BCUT2D eigenvalue weighted by atomic mass is 35.5. The summed E-state index contributed by atoms with van der Waals surface area (Å²) in [5.74, 6) is 0.556. The number of aliphatic hydroxyl groups excluding tert-OH is 1. The molecule has 2 saturated heterocycles. The number of carbonyl (C=O) groups excluding carboxylic acids is 1. The van der Waals surface area contributed by atoms with Crippen LogP contribution in [0.2, 0.25) is 5.02 Å². The normalized spacial score (nSPS) is 26.7. The van der Waals surface area contributed by atoms with E-state index in [4.69, 9.17) is 21.6 Å². The van der Waals surface area contributed by atoms with Gasteiger partial charge in [0.2, 0.25) is 0 Å². The molecule has 2 saturated carbocycles. The Labute approximate surface area is 261 Å². The third kappa shape index (κ3) is 5.63. The molecule has 0 unspecified atom stereocenters. The van der Waals surface area contributed by atoms with Gasteiger partial charge in [-0.3, -0.25) is 4.79 Å². The van der Waals surface area contributed by atoms with Crippen LogP contribution in [0.3, 0.4) is 0 Å². The number of halogens is 1. The molecule has 43 heavy (non-hydrogen) atoms. The zero-order valence-corrected chi connectivity index (χ0v) is 26.7. The molecule has 8 heteroatoms. The number of carbonyl (C=O) groups is 1. The van der Waals surface area contributed by atoms with Gasteiger partial charge in [-0.25, -0.2) is 0 Å². The number of amides is 1. The highest BCUT2D eigenvalue weighted by Gasteiger charge is 2.64. The van der Waals surface area contributed by atoms with Crippen molar-refractivity contribution in [1.82, 2.24) is 10.2 Å². The van der Waals surface area contributed by atoms with Gasteiger partial charge in [0.15, 0.2) is 0 Å². The van der Waals surface area contributed by atoms with Gasteiger partial charge in [-0.2, -0.15) is 5.26 Å². The highest BCUT2D eigenvalue weighted by molar-refractivity contribution is 6.31. The smallest absolute Gasteiger partial charge is 0.251 e. The van der Waals surface area contributed by atoms with E-state index in [1.807, 2.05) is 12.1 Å². The summed E-state index contributed by atoms with van der Waals surface area (Å²) in [6.45, 7) is 12.8. The van der Waals surface area contributed by atoms with Crippen molar-refractivity contribution in [3.63, 3.8) is 0 Å². The van der Waals surface area contributed by atoms with Crippen molar-refractivity contribution in [2.75, 3.05) is 31.1 Å². The van der Waals surface area contributed by atoms with Gasteiger partial charge in [-0.15, -0.1) is 0 Å². The van der Waals surface area contributed by atoms with Crippen molar-refractivity contribution in [2.45, 2.75) is 90.5 Å². The number of anilines is 1. The Kier molecular flexibility index (Phi) is 7.94. The molecule has 2 aromatic rings. The lowest BCUT2D eigenvalue weighted by atomic mass is 9.49. The van der Waals surface area contributed by atoms with E-state index in [0.717, 1.165) is 39.0 Å². The van der Waals surface area contributed by atoms with E-state index >= 15 is 0 Å². The molecule has 1 spiro atoms. The van der Waals surface area contributed by atoms with E-state index in [-0.39, 0.29) is 35.0 Å². The van der Waals surface area contributed by atoms with Crippen molar-refractivity contribution in [1.29, 1.82) is 5.26 Å². The average molecular weight is 605 g/mol. The van der Waals surface area contributed by atoms with Crippen molar-refractivity contribution in [3.05, 3.63) is 58.6 Å². The van der Waals surface area contributed by atoms with Gasteiger partial charge < -0.3 is 25.0 Å². The number of piperidine rings is 1. The molecule has 0 bridgehead atoms. The molecule has 0 atom stereocenters. The van der Waals surface area contributed by atoms with Gasteiger partial charge in [-0.05, 0) is 74.9 Å². The summed E-state index contributed by atoms with van der Waals surface area (Å²) in [4.78, 5) is 18.4. The fraction of sp³-hybridized carbons (Fsp3) is 0.600. The fourth-order valence-electron chi connectivity index (χ4n) is 8.73. The minimum Gasteiger partial charge on any atom is -0.489 e. The number of aliphatic hydroxyl groups is 1. The van der Waals surface area contributed by atoms with Gasteiger partial charge >= 0.3 is 0 Å². The Morgan fingerprint density at radius 2 is 1.63 bits per heavy atom. The first-order valence-corrected chi connectivity index (χ1v) is 16.2. The summed E-state index contributed by atoms with van der Waals surface area (Å²) >= 11 is 6.23. The third-order valence-electron chi connectivity index (χ3n) is 11.0. The number of nitrogens with one attached hydrogen (secondary N) is 1. The molecule has 0 aromatic heterocycles. The second kappa shape index (κ2) is 11.3. The van der Waals surface area contributed by atoms with Crippen LogP contribution in [0, 0.1) is 27.6 Å². The first-order chi connectivity index (χ1) is 20.4. The SMILES string of the molecule is CC1(C)C(NC(=O)c2ccc(N3CC4(CCC(N5CCC(O)CC5)CC4)C3)cc2)C(C)(C)C1Oc1ccc(C#N)c(Cl)c1.